The highest BCUT2D eigenvalue weighted by Crippen LogP contribution is 2.53. The molecule has 0 fully saturated rings. The van der Waals surface area contributed by atoms with Crippen molar-refractivity contribution in [3.05, 3.63) is 189 Å². The normalized spacial score (nSPS) is 12.0. The fourth-order valence-electron chi connectivity index (χ4n) is 11.2. The van der Waals surface area contributed by atoms with E-state index in [2.05, 4.69) is 226 Å². The Hall–Kier alpha value is -6.64. The van der Waals surface area contributed by atoms with E-state index >= 15 is 0 Å². The van der Waals surface area contributed by atoms with Crippen molar-refractivity contribution >= 4 is 88.0 Å². The van der Waals surface area contributed by atoms with Crippen LogP contribution in [0.25, 0.3) is 53.9 Å². The molecule has 0 N–H and O–H groups in total. The van der Waals surface area contributed by atoms with Crippen molar-refractivity contribution < 1.29 is 0 Å². The van der Waals surface area contributed by atoms with Crippen LogP contribution in [0.3, 0.4) is 0 Å². The molecule has 330 valence electrons. The van der Waals surface area contributed by atoms with Gasteiger partial charge in [0.15, 0.2) is 0 Å². The molecule has 0 bridgehead atoms. The van der Waals surface area contributed by atoms with Gasteiger partial charge in [0.1, 0.15) is 0 Å². The third kappa shape index (κ3) is 7.36. The molecular formula is C64H64N2. The minimum atomic E-state index is 0.470. The van der Waals surface area contributed by atoms with Crippen molar-refractivity contribution in [1.29, 1.82) is 0 Å². The van der Waals surface area contributed by atoms with Gasteiger partial charge in [0.25, 0.3) is 0 Å². The van der Waals surface area contributed by atoms with Crippen LogP contribution in [0.2, 0.25) is 0 Å². The second-order valence-corrected chi connectivity index (χ2v) is 20.5. The first-order chi connectivity index (χ1) is 31.7. The molecule has 0 amide bonds. The average Bonchev–Trinajstić information content (AvgIpc) is 3.26. The first-order valence-corrected chi connectivity index (χ1v) is 24.2. The summed E-state index contributed by atoms with van der Waals surface area (Å²) >= 11 is 0. The van der Waals surface area contributed by atoms with Crippen molar-refractivity contribution in [3.63, 3.8) is 0 Å². The van der Waals surface area contributed by atoms with E-state index in [1.165, 1.54) is 144 Å². The Morgan fingerprint density at radius 2 is 0.667 bits per heavy atom. The summed E-state index contributed by atoms with van der Waals surface area (Å²) in [5.74, 6) is 0.940. The maximum absolute atomic E-state index is 2.63. The summed E-state index contributed by atoms with van der Waals surface area (Å²) in [6, 6.07) is 52.0. The Balaban J connectivity index is 1.39. The van der Waals surface area contributed by atoms with Crippen LogP contribution in [0, 0.1) is 67.2 Å². The molecule has 0 aliphatic rings. The van der Waals surface area contributed by atoms with Gasteiger partial charge in [-0.15, -0.1) is 0 Å². The third-order valence-electron chi connectivity index (χ3n) is 14.1. The van der Waals surface area contributed by atoms with E-state index in [-0.39, 0.29) is 0 Å². The Labute approximate surface area is 392 Å². The van der Waals surface area contributed by atoms with Crippen LogP contribution < -0.4 is 9.80 Å². The van der Waals surface area contributed by atoms with E-state index < -0.39 is 0 Å². The molecule has 2 heteroatoms. The molecule has 10 rings (SSSR count). The lowest BCUT2D eigenvalue weighted by Crippen LogP contribution is -2.16. The van der Waals surface area contributed by atoms with Gasteiger partial charge >= 0.3 is 0 Å². The number of hydrogen-bond donors (Lipinski definition) is 0. The zero-order valence-electron chi connectivity index (χ0n) is 41.2. The predicted molar refractivity (Wildman–Crippen MR) is 290 cm³/mol. The Morgan fingerprint density at radius 1 is 0.318 bits per heavy atom. The van der Waals surface area contributed by atoms with Crippen molar-refractivity contribution in [2.24, 2.45) is 11.8 Å². The van der Waals surface area contributed by atoms with Crippen LogP contribution in [0.5, 0.6) is 0 Å². The summed E-state index contributed by atoms with van der Waals surface area (Å²) in [4.78, 5) is 5.25. The summed E-state index contributed by atoms with van der Waals surface area (Å²) in [5, 5.41) is 13.1. The van der Waals surface area contributed by atoms with E-state index in [9.17, 15) is 0 Å². The average molecular weight is 861 g/mol. The fourth-order valence-corrected chi connectivity index (χ4v) is 11.2. The zero-order valence-corrected chi connectivity index (χ0v) is 41.2. The number of fused-ring (bicyclic) bond motifs is 2. The van der Waals surface area contributed by atoms with Crippen LogP contribution in [-0.4, -0.2) is 0 Å². The predicted octanol–water partition coefficient (Wildman–Crippen LogP) is 18.7. The highest BCUT2D eigenvalue weighted by molar-refractivity contribution is 6.30. The molecule has 0 unspecified atom stereocenters. The molecule has 0 heterocycles. The Kier molecular flexibility index (Phi) is 10.9. The van der Waals surface area contributed by atoms with E-state index in [0.717, 1.165) is 12.8 Å². The lowest BCUT2D eigenvalue weighted by Gasteiger charge is -2.34. The molecule has 0 saturated heterocycles. The minimum Gasteiger partial charge on any atom is -0.309 e. The maximum Gasteiger partial charge on any atom is 0.0569 e. The van der Waals surface area contributed by atoms with Gasteiger partial charge in [-0.2, -0.15) is 0 Å². The summed E-state index contributed by atoms with van der Waals surface area (Å²) in [5.41, 5.74) is 20.3. The summed E-state index contributed by atoms with van der Waals surface area (Å²) in [6.45, 7) is 27.5. The van der Waals surface area contributed by atoms with Crippen LogP contribution in [-0.2, 0) is 12.8 Å². The molecule has 0 spiro atoms. The first-order valence-electron chi connectivity index (χ1n) is 24.2. The number of hydrogen-bond acceptors (Lipinski definition) is 2. The van der Waals surface area contributed by atoms with Crippen LogP contribution in [0.15, 0.2) is 133 Å². The smallest absolute Gasteiger partial charge is 0.0569 e. The van der Waals surface area contributed by atoms with E-state index in [1.54, 1.807) is 0 Å². The van der Waals surface area contributed by atoms with Gasteiger partial charge in [-0.3, -0.25) is 0 Å². The molecule has 2 nitrogen and oxygen atoms in total. The summed E-state index contributed by atoms with van der Waals surface area (Å²) in [6.07, 6.45) is 1.95. The fraction of sp³-hybridized carbons (Fsp3) is 0.250. The summed E-state index contributed by atoms with van der Waals surface area (Å²) < 4.78 is 0. The molecule has 0 aromatic heterocycles. The number of benzene rings is 10. The molecule has 10 aromatic rings. The number of aryl methyl sites for hydroxylation is 8. The van der Waals surface area contributed by atoms with Gasteiger partial charge < -0.3 is 9.80 Å². The molecule has 10 aromatic carbocycles. The van der Waals surface area contributed by atoms with E-state index in [1.807, 2.05) is 0 Å². The SMILES string of the molecule is Cc1ccc(N(c2c(C)ccc3ccc(C)cc23)c2cc(CC(C)C)c3ccc4c(N(c5ccc(C)cc5C)c5c(C)ccc6ccc(C)cc56)cc(CC(C)C)c5ccc2c3c54)c(C)c1. The Morgan fingerprint density at radius 3 is 1.05 bits per heavy atom. The molecular weight excluding hydrogens is 797 g/mol. The van der Waals surface area contributed by atoms with E-state index in [0.29, 0.717) is 11.8 Å². The topological polar surface area (TPSA) is 6.48 Å². The Bertz CT molecular complexity index is 3280. The lowest BCUT2D eigenvalue weighted by molar-refractivity contribution is 0.650. The van der Waals surface area contributed by atoms with Gasteiger partial charge in [0.2, 0.25) is 0 Å². The van der Waals surface area contributed by atoms with E-state index in [4.69, 9.17) is 0 Å². The van der Waals surface area contributed by atoms with Gasteiger partial charge in [-0.25, -0.2) is 0 Å². The summed E-state index contributed by atoms with van der Waals surface area (Å²) in [7, 11) is 0. The largest absolute Gasteiger partial charge is 0.309 e. The van der Waals surface area contributed by atoms with Gasteiger partial charge in [-0.1, -0.05) is 147 Å². The molecule has 0 atom stereocenters. The standard InChI is InChI=1S/C64H64N2/c1-37(2)29-49-35-59(65(57-27-15-39(5)31-45(57)11)63-43(9)17-21-47-19-13-41(7)33-55(47)63)53-26-24-52-50(30-38(3)4)36-60(54-25-23-51(49)61(53)62(52)54)66(58-28-16-40(6)32-46(58)12)64-44(10)18-22-48-20-14-42(8)34-56(48)64/h13-28,31-38H,29-30H2,1-12H3. The van der Waals surface area contributed by atoms with Gasteiger partial charge in [0, 0.05) is 32.9 Å². The van der Waals surface area contributed by atoms with Crippen LogP contribution in [0.4, 0.5) is 34.1 Å². The van der Waals surface area contributed by atoms with Crippen molar-refractivity contribution in [3.8, 4) is 0 Å². The monoisotopic (exact) mass is 861 g/mol. The second-order valence-electron chi connectivity index (χ2n) is 20.5. The van der Waals surface area contributed by atoms with Gasteiger partial charge in [-0.05, 0) is 182 Å². The van der Waals surface area contributed by atoms with Crippen LogP contribution in [0.1, 0.15) is 83.3 Å². The van der Waals surface area contributed by atoms with Crippen molar-refractivity contribution in [2.75, 3.05) is 9.80 Å². The molecule has 0 aliphatic heterocycles. The van der Waals surface area contributed by atoms with Gasteiger partial charge in [0.05, 0.1) is 22.7 Å². The first kappa shape index (κ1) is 43.3. The second kappa shape index (κ2) is 16.7. The highest BCUT2D eigenvalue weighted by Gasteiger charge is 2.28. The zero-order chi connectivity index (χ0) is 46.3. The van der Waals surface area contributed by atoms with Crippen molar-refractivity contribution in [1.82, 2.24) is 0 Å². The molecule has 0 aliphatic carbocycles. The number of nitrogens with zero attached hydrogens (tertiary/aromatic N) is 2. The maximum atomic E-state index is 2.63. The van der Waals surface area contributed by atoms with Crippen LogP contribution >= 0.6 is 0 Å². The number of rotatable bonds is 10. The van der Waals surface area contributed by atoms with Crippen molar-refractivity contribution in [2.45, 2.75) is 95.9 Å². The highest BCUT2D eigenvalue weighted by atomic mass is 15.2. The number of anilines is 6. The molecule has 0 saturated carbocycles. The quantitative estimate of drug-likeness (QED) is 0.126. The minimum absolute atomic E-state index is 0.470. The molecule has 66 heavy (non-hydrogen) atoms. The molecule has 0 radical (unpaired) electrons. The lowest BCUT2D eigenvalue weighted by atomic mass is 9.84. The third-order valence-corrected chi connectivity index (χ3v) is 14.1.